The fraction of sp³-hybridized carbons (Fsp3) is 0.500. The molecule has 1 aliphatic rings. The summed E-state index contributed by atoms with van der Waals surface area (Å²) in [6.07, 6.45) is -1.49. The number of halogens is 1. The number of benzene rings is 1. The van der Waals surface area contributed by atoms with E-state index in [9.17, 15) is 24.0 Å². The molecule has 230 valence electrons. The van der Waals surface area contributed by atoms with Gasteiger partial charge in [-0.2, -0.15) is 10.2 Å². The van der Waals surface area contributed by atoms with Crippen molar-refractivity contribution in [2.24, 2.45) is 5.92 Å². The normalized spacial score (nSPS) is 24.5. The molecule has 0 bridgehead atoms. The van der Waals surface area contributed by atoms with Gasteiger partial charge in [-0.1, -0.05) is 44.9 Å². The Hall–Kier alpha value is -3.06. The highest BCUT2D eigenvalue weighted by atomic mass is 31.2. The minimum atomic E-state index is -4.42. The van der Waals surface area contributed by atoms with E-state index in [0.29, 0.717) is 16.9 Å². The lowest BCUT2D eigenvalue weighted by Crippen LogP contribution is -2.49. The summed E-state index contributed by atoms with van der Waals surface area (Å²) >= 11 is 0. The summed E-state index contributed by atoms with van der Waals surface area (Å²) in [7, 11) is -4.42. The van der Waals surface area contributed by atoms with Gasteiger partial charge in [-0.15, -0.1) is 0 Å². The van der Waals surface area contributed by atoms with Crippen LogP contribution in [0, 0.1) is 5.92 Å². The molecule has 4 rings (SSSR count). The number of aliphatic hydroxyl groups excluding tert-OH is 2. The third-order valence-electron chi connectivity index (χ3n) is 7.44. The van der Waals surface area contributed by atoms with E-state index in [-0.39, 0.29) is 18.3 Å². The number of esters is 1. The summed E-state index contributed by atoms with van der Waals surface area (Å²) in [5, 5.41) is 28.6. The number of rotatable bonds is 14. The number of ether oxygens (including phenoxy) is 2. The van der Waals surface area contributed by atoms with Gasteiger partial charge in [0.25, 0.3) is 0 Å². The predicted octanol–water partition coefficient (Wildman–Crippen LogP) is 3.58. The van der Waals surface area contributed by atoms with Gasteiger partial charge in [0.15, 0.2) is 0 Å². The highest BCUT2D eigenvalue weighted by Gasteiger charge is 2.57. The Labute approximate surface area is 243 Å². The van der Waals surface area contributed by atoms with Gasteiger partial charge in [-0.25, -0.2) is 13.5 Å². The highest BCUT2D eigenvalue weighted by molar-refractivity contribution is 7.52. The van der Waals surface area contributed by atoms with Crippen LogP contribution in [0.5, 0.6) is 5.75 Å². The number of carbonyl (C=O) groups excluding carboxylic acids is 1. The fourth-order valence-electron chi connectivity index (χ4n) is 4.69. The number of hydrogen-bond acceptors (Lipinski definition) is 10. The molecule has 3 aromatic rings. The summed E-state index contributed by atoms with van der Waals surface area (Å²) in [5.74, 6) is -0.352. The Bertz CT molecular complexity index is 1390. The number of anilines is 1. The van der Waals surface area contributed by atoms with Gasteiger partial charge in [0, 0.05) is 6.20 Å². The van der Waals surface area contributed by atoms with Crippen molar-refractivity contribution in [3.05, 3.63) is 60.4 Å². The molecule has 42 heavy (non-hydrogen) atoms. The number of alkyl halides is 1. The number of fused-ring (bicyclic) bond motifs is 1. The minimum absolute atomic E-state index is 0.148. The minimum Gasteiger partial charge on any atom is -0.464 e. The molecule has 1 fully saturated rings. The van der Waals surface area contributed by atoms with Crippen molar-refractivity contribution in [2.45, 2.75) is 63.6 Å². The molecule has 1 aliphatic heterocycles. The molecule has 0 aliphatic carbocycles. The van der Waals surface area contributed by atoms with E-state index >= 15 is 0 Å². The third-order valence-corrected chi connectivity index (χ3v) is 9.06. The van der Waals surface area contributed by atoms with E-state index in [4.69, 9.17) is 24.3 Å². The molecule has 14 heteroatoms. The van der Waals surface area contributed by atoms with Crippen molar-refractivity contribution >= 4 is 24.9 Å². The zero-order valence-electron chi connectivity index (χ0n) is 23.8. The van der Waals surface area contributed by atoms with Crippen LogP contribution in [-0.4, -0.2) is 69.5 Å². The Morgan fingerprint density at radius 1 is 1.21 bits per heavy atom. The largest absolute Gasteiger partial charge is 0.464 e. The molecular formula is C28H38FN4O8P. The second-order valence-electron chi connectivity index (χ2n) is 10.4. The number of nitrogens with one attached hydrogen (secondary N) is 1. The smallest absolute Gasteiger partial charge is 0.459 e. The third kappa shape index (κ3) is 6.77. The van der Waals surface area contributed by atoms with Crippen molar-refractivity contribution in [1.29, 1.82) is 0 Å². The zero-order valence-corrected chi connectivity index (χ0v) is 24.7. The van der Waals surface area contributed by atoms with Gasteiger partial charge in [-0.05, 0) is 43.2 Å². The van der Waals surface area contributed by atoms with Crippen LogP contribution in [0.1, 0.15) is 45.4 Å². The molecule has 0 saturated carbocycles. The average Bonchev–Trinajstić information content (AvgIpc) is 3.52. The maximum absolute atomic E-state index is 14.7. The van der Waals surface area contributed by atoms with Gasteiger partial charge in [0.05, 0.1) is 30.1 Å². The van der Waals surface area contributed by atoms with Crippen LogP contribution in [0.25, 0.3) is 5.52 Å². The molecule has 2 aromatic heterocycles. The predicted molar refractivity (Wildman–Crippen MR) is 152 cm³/mol. The SMILES string of the molecule is CCC(CC)COC(=O)[C@H](C)N[P@](=O)(OC[C@@]1(CF)O[C@@H](c2ccc3c(N)ccnn23)[C@H](O)[C@@H]1O)Oc1ccccc1. The van der Waals surface area contributed by atoms with E-state index in [1.54, 1.807) is 36.4 Å². The van der Waals surface area contributed by atoms with E-state index in [1.165, 1.54) is 29.8 Å². The number of aromatic nitrogens is 2. The van der Waals surface area contributed by atoms with Crippen LogP contribution < -0.4 is 15.3 Å². The van der Waals surface area contributed by atoms with Gasteiger partial charge in [-0.3, -0.25) is 9.32 Å². The maximum Gasteiger partial charge on any atom is 0.459 e. The average molecular weight is 609 g/mol. The highest BCUT2D eigenvalue weighted by Crippen LogP contribution is 2.48. The first kappa shape index (κ1) is 31.9. The van der Waals surface area contributed by atoms with E-state index in [1.807, 2.05) is 13.8 Å². The lowest BCUT2D eigenvalue weighted by Gasteiger charge is -2.31. The van der Waals surface area contributed by atoms with Crippen molar-refractivity contribution in [2.75, 3.05) is 25.6 Å². The van der Waals surface area contributed by atoms with Crippen LogP contribution in [0.4, 0.5) is 10.1 Å². The summed E-state index contributed by atoms with van der Waals surface area (Å²) in [4.78, 5) is 12.7. The molecule has 6 atom stereocenters. The number of para-hydroxylation sites is 1. The lowest BCUT2D eigenvalue weighted by molar-refractivity contribution is -0.146. The van der Waals surface area contributed by atoms with Crippen molar-refractivity contribution < 1.29 is 42.5 Å². The molecule has 1 aromatic carbocycles. The molecule has 12 nitrogen and oxygen atoms in total. The molecule has 0 spiro atoms. The van der Waals surface area contributed by atoms with Crippen LogP contribution >= 0.6 is 7.75 Å². The van der Waals surface area contributed by atoms with Crippen molar-refractivity contribution in [1.82, 2.24) is 14.7 Å². The number of nitrogens with zero attached hydrogens (tertiary/aromatic N) is 2. The standard InChI is InChI=1S/C28H38FN4O8P/c1-4-19(5-2)15-38-27(36)18(3)32-42(37,41-20-9-7-6-8-10-20)39-17-28(16-29)26(35)24(34)25(40-28)23-12-11-22-21(30)13-14-31-33(22)23/h6-14,18-19,24-26,34-35H,4-5,15-17,30H2,1-3H3,(H,32,37)/t18-,24-,25-,26-,28+,42-/m0/s1. The van der Waals surface area contributed by atoms with Gasteiger partial charge in [0.2, 0.25) is 0 Å². The monoisotopic (exact) mass is 608 g/mol. The molecule has 0 unspecified atom stereocenters. The Morgan fingerprint density at radius 3 is 2.60 bits per heavy atom. The summed E-state index contributed by atoms with van der Waals surface area (Å²) in [6, 6.07) is 11.8. The van der Waals surface area contributed by atoms with Gasteiger partial charge >= 0.3 is 13.7 Å². The fourth-order valence-corrected chi connectivity index (χ4v) is 6.24. The second kappa shape index (κ2) is 13.5. The van der Waals surface area contributed by atoms with Crippen LogP contribution in [0.2, 0.25) is 0 Å². The molecule has 5 N–H and O–H groups in total. The molecule has 3 heterocycles. The van der Waals surface area contributed by atoms with Crippen molar-refractivity contribution in [3.63, 3.8) is 0 Å². The van der Waals surface area contributed by atoms with Crippen molar-refractivity contribution in [3.8, 4) is 5.75 Å². The second-order valence-corrected chi connectivity index (χ2v) is 12.0. The van der Waals surface area contributed by atoms with Gasteiger partial charge < -0.3 is 29.9 Å². The molecular weight excluding hydrogens is 570 g/mol. The number of nitrogens with two attached hydrogens (primary N) is 1. The quantitative estimate of drug-likeness (QED) is 0.156. The summed E-state index contributed by atoms with van der Waals surface area (Å²) in [5.41, 5.74) is 5.13. The van der Waals surface area contributed by atoms with E-state index in [0.717, 1.165) is 12.8 Å². The molecule has 1 saturated heterocycles. The first-order chi connectivity index (χ1) is 20.1. The lowest BCUT2D eigenvalue weighted by atomic mass is 9.96. The number of carbonyl (C=O) groups is 1. The van der Waals surface area contributed by atoms with Crippen LogP contribution in [0.3, 0.4) is 0 Å². The zero-order chi connectivity index (χ0) is 30.5. The molecule has 0 amide bonds. The van der Waals surface area contributed by atoms with Crippen LogP contribution in [-0.2, 0) is 23.4 Å². The number of hydrogen-bond donors (Lipinski definition) is 4. The number of aliphatic hydroxyl groups is 2. The number of nitrogen functional groups attached to an aromatic ring is 1. The first-order valence-corrected chi connectivity index (χ1v) is 15.4. The summed E-state index contributed by atoms with van der Waals surface area (Å²) < 4.78 is 52.6. The Morgan fingerprint density at radius 2 is 1.93 bits per heavy atom. The molecule has 0 radical (unpaired) electrons. The summed E-state index contributed by atoms with van der Waals surface area (Å²) in [6.45, 7) is 3.50. The van der Waals surface area contributed by atoms with Crippen LogP contribution in [0.15, 0.2) is 54.7 Å². The van der Waals surface area contributed by atoms with E-state index < -0.39 is 57.0 Å². The Kier molecular flexibility index (Phi) is 10.2. The first-order valence-electron chi connectivity index (χ1n) is 13.8. The Balaban J connectivity index is 1.54. The van der Waals surface area contributed by atoms with E-state index in [2.05, 4.69) is 10.2 Å². The topological polar surface area (TPSA) is 167 Å². The van der Waals surface area contributed by atoms with Gasteiger partial charge in [0.1, 0.15) is 42.4 Å². The maximum atomic E-state index is 14.7.